The molecule has 1 aliphatic heterocycles. The fraction of sp³-hybridized carbons (Fsp3) is 0.273. The maximum Gasteiger partial charge on any atom is 0.106 e. The normalized spacial score (nSPS) is 20.2. The van der Waals surface area contributed by atoms with E-state index in [0.717, 1.165) is 25.1 Å². The Balaban J connectivity index is 1.84. The zero-order chi connectivity index (χ0) is 20.1. The summed E-state index contributed by atoms with van der Waals surface area (Å²) < 4.78 is 0. The Morgan fingerprint density at radius 3 is 2.54 bits per heavy atom. The third-order valence-electron chi connectivity index (χ3n) is 4.96. The van der Waals surface area contributed by atoms with Crippen LogP contribution in [0.4, 0.5) is 5.69 Å². The molecule has 28 heavy (non-hydrogen) atoms. The van der Waals surface area contributed by atoms with Crippen LogP contribution in [0.5, 0.6) is 0 Å². The SMILES string of the molecule is C=C/C=C(\O)CNC1CCN(c2ccc(Cl)cc2Cl)C(c2ccc(Cl)cc2)C1. The molecule has 0 aliphatic carbocycles. The molecule has 0 spiro atoms. The minimum absolute atomic E-state index is 0.132. The first-order valence-corrected chi connectivity index (χ1v) is 10.3. The van der Waals surface area contributed by atoms with Crippen LogP contribution in [0.1, 0.15) is 24.4 Å². The van der Waals surface area contributed by atoms with E-state index in [2.05, 4.69) is 28.9 Å². The molecule has 0 bridgehead atoms. The summed E-state index contributed by atoms with van der Waals surface area (Å²) >= 11 is 18.7. The van der Waals surface area contributed by atoms with Gasteiger partial charge in [0.15, 0.2) is 0 Å². The van der Waals surface area contributed by atoms with Crippen molar-refractivity contribution in [2.45, 2.75) is 24.9 Å². The maximum absolute atomic E-state index is 9.86. The van der Waals surface area contributed by atoms with Crippen molar-refractivity contribution in [1.29, 1.82) is 0 Å². The number of aliphatic hydroxyl groups excluding tert-OH is 1. The van der Waals surface area contributed by atoms with E-state index in [1.807, 2.05) is 24.3 Å². The highest BCUT2D eigenvalue weighted by Gasteiger charge is 2.30. The lowest BCUT2D eigenvalue weighted by Gasteiger charge is -2.42. The zero-order valence-electron chi connectivity index (χ0n) is 15.4. The van der Waals surface area contributed by atoms with Gasteiger partial charge >= 0.3 is 0 Å². The number of aliphatic hydroxyl groups is 1. The summed E-state index contributed by atoms with van der Waals surface area (Å²) in [6.07, 6.45) is 5.00. The van der Waals surface area contributed by atoms with E-state index in [0.29, 0.717) is 21.6 Å². The first-order valence-electron chi connectivity index (χ1n) is 9.19. The van der Waals surface area contributed by atoms with Crippen molar-refractivity contribution in [1.82, 2.24) is 5.32 Å². The third kappa shape index (κ3) is 5.24. The predicted molar refractivity (Wildman–Crippen MR) is 120 cm³/mol. The summed E-state index contributed by atoms with van der Waals surface area (Å²) in [4.78, 5) is 2.32. The Morgan fingerprint density at radius 2 is 1.86 bits per heavy atom. The number of hydrogen-bond acceptors (Lipinski definition) is 3. The first-order chi connectivity index (χ1) is 13.5. The van der Waals surface area contributed by atoms with Crippen LogP contribution in [0.3, 0.4) is 0 Å². The largest absolute Gasteiger partial charge is 0.511 e. The fourth-order valence-electron chi connectivity index (χ4n) is 3.60. The number of hydrogen-bond donors (Lipinski definition) is 2. The molecule has 2 aromatic carbocycles. The molecule has 1 saturated heterocycles. The topological polar surface area (TPSA) is 35.5 Å². The van der Waals surface area contributed by atoms with Crippen LogP contribution in [0.2, 0.25) is 15.1 Å². The van der Waals surface area contributed by atoms with Gasteiger partial charge in [-0.3, -0.25) is 0 Å². The van der Waals surface area contributed by atoms with Gasteiger partial charge in [0.1, 0.15) is 5.76 Å². The average molecular weight is 438 g/mol. The fourth-order valence-corrected chi connectivity index (χ4v) is 4.24. The predicted octanol–water partition coefficient (Wildman–Crippen LogP) is 6.57. The van der Waals surface area contributed by atoms with E-state index in [1.54, 1.807) is 18.2 Å². The Hall–Kier alpha value is -1.65. The molecule has 2 atom stereocenters. The number of nitrogens with one attached hydrogen (secondary N) is 1. The number of halogens is 3. The smallest absolute Gasteiger partial charge is 0.106 e. The second kappa shape index (κ2) is 9.71. The monoisotopic (exact) mass is 436 g/mol. The zero-order valence-corrected chi connectivity index (χ0v) is 17.7. The maximum atomic E-state index is 9.86. The van der Waals surface area contributed by atoms with Crippen LogP contribution in [-0.4, -0.2) is 24.2 Å². The molecule has 2 unspecified atom stereocenters. The lowest BCUT2D eigenvalue weighted by Crippen LogP contribution is -2.45. The van der Waals surface area contributed by atoms with Gasteiger partial charge in [-0.1, -0.05) is 59.6 Å². The van der Waals surface area contributed by atoms with E-state index in [4.69, 9.17) is 34.8 Å². The number of anilines is 1. The van der Waals surface area contributed by atoms with Gasteiger partial charge in [-0.25, -0.2) is 0 Å². The van der Waals surface area contributed by atoms with E-state index in [1.165, 1.54) is 5.56 Å². The number of piperidine rings is 1. The van der Waals surface area contributed by atoms with Crippen LogP contribution < -0.4 is 10.2 Å². The lowest BCUT2D eigenvalue weighted by molar-refractivity contribution is 0.334. The van der Waals surface area contributed by atoms with Crippen molar-refractivity contribution in [3.63, 3.8) is 0 Å². The van der Waals surface area contributed by atoms with E-state index < -0.39 is 0 Å². The van der Waals surface area contributed by atoms with Crippen LogP contribution in [0.25, 0.3) is 0 Å². The van der Waals surface area contributed by atoms with Gasteiger partial charge in [0.25, 0.3) is 0 Å². The van der Waals surface area contributed by atoms with E-state index in [9.17, 15) is 5.11 Å². The van der Waals surface area contributed by atoms with Gasteiger partial charge in [-0.05, 0) is 54.8 Å². The van der Waals surface area contributed by atoms with Crippen LogP contribution in [0.15, 0.2) is 67.0 Å². The van der Waals surface area contributed by atoms with Crippen molar-refractivity contribution >= 4 is 40.5 Å². The molecule has 1 heterocycles. The highest BCUT2D eigenvalue weighted by Crippen LogP contribution is 2.39. The highest BCUT2D eigenvalue weighted by atomic mass is 35.5. The molecule has 0 aromatic heterocycles. The molecule has 148 valence electrons. The number of nitrogens with zero attached hydrogens (tertiary/aromatic N) is 1. The lowest BCUT2D eigenvalue weighted by atomic mass is 9.91. The number of rotatable bonds is 6. The molecule has 3 nitrogen and oxygen atoms in total. The van der Waals surface area contributed by atoms with Crippen molar-refractivity contribution in [2.24, 2.45) is 0 Å². The Morgan fingerprint density at radius 1 is 1.14 bits per heavy atom. The Kier molecular flexibility index (Phi) is 7.30. The van der Waals surface area contributed by atoms with Gasteiger partial charge in [0.05, 0.1) is 23.3 Å². The molecule has 3 rings (SSSR count). The molecule has 2 N–H and O–H groups in total. The van der Waals surface area contributed by atoms with Gasteiger partial charge in [-0.15, -0.1) is 0 Å². The van der Waals surface area contributed by atoms with Crippen molar-refractivity contribution in [3.8, 4) is 0 Å². The first kappa shape index (κ1) is 21.1. The Bertz CT molecular complexity index is 851. The average Bonchev–Trinajstić information content (AvgIpc) is 2.67. The molecular weight excluding hydrogens is 415 g/mol. The van der Waals surface area contributed by atoms with Crippen LogP contribution >= 0.6 is 34.8 Å². The summed E-state index contributed by atoms with van der Waals surface area (Å²) in [5, 5.41) is 15.3. The second-order valence-corrected chi connectivity index (χ2v) is 8.13. The summed E-state index contributed by atoms with van der Waals surface area (Å²) in [7, 11) is 0. The van der Waals surface area contributed by atoms with Crippen LogP contribution in [0, 0.1) is 0 Å². The Labute approximate surface area is 181 Å². The summed E-state index contributed by atoms with van der Waals surface area (Å²) in [6.45, 7) is 4.86. The van der Waals surface area contributed by atoms with E-state index in [-0.39, 0.29) is 17.8 Å². The highest BCUT2D eigenvalue weighted by molar-refractivity contribution is 6.36. The van der Waals surface area contributed by atoms with Crippen molar-refractivity contribution in [2.75, 3.05) is 18.0 Å². The van der Waals surface area contributed by atoms with Gasteiger partial charge < -0.3 is 15.3 Å². The molecule has 0 saturated carbocycles. The number of allylic oxidation sites excluding steroid dienone is 2. The molecule has 2 aromatic rings. The molecular formula is C22H23Cl3N2O. The van der Waals surface area contributed by atoms with Crippen molar-refractivity contribution < 1.29 is 5.11 Å². The molecule has 1 aliphatic rings. The van der Waals surface area contributed by atoms with Gasteiger partial charge in [-0.2, -0.15) is 0 Å². The molecule has 0 amide bonds. The standard InChI is InChI=1S/C22H23Cl3N2O/c1-2-3-19(28)14-26-18-10-11-27(21-9-8-17(24)12-20(21)25)22(13-18)15-4-6-16(23)7-5-15/h2-9,12,18,22,26,28H,1,10-11,13-14H2/b19-3-. The molecule has 1 fully saturated rings. The third-order valence-corrected chi connectivity index (χ3v) is 5.75. The van der Waals surface area contributed by atoms with Crippen LogP contribution in [-0.2, 0) is 0 Å². The molecule has 0 radical (unpaired) electrons. The minimum Gasteiger partial charge on any atom is -0.511 e. The van der Waals surface area contributed by atoms with Crippen molar-refractivity contribution in [3.05, 3.63) is 87.6 Å². The van der Waals surface area contributed by atoms with Gasteiger partial charge in [0.2, 0.25) is 0 Å². The quantitative estimate of drug-likeness (QED) is 0.396. The van der Waals surface area contributed by atoms with E-state index >= 15 is 0 Å². The number of benzene rings is 2. The minimum atomic E-state index is 0.132. The van der Waals surface area contributed by atoms with Gasteiger partial charge in [0, 0.05) is 22.6 Å². The summed E-state index contributed by atoms with van der Waals surface area (Å²) in [6, 6.07) is 13.9. The summed E-state index contributed by atoms with van der Waals surface area (Å²) in [5.41, 5.74) is 2.15. The molecule has 6 heteroatoms. The summed E-state index contributed by atoms with van der Waals surface area (Å²) in [5.74, 6) is 0.279. The second-order valence-electron chi connectivity index (χ2n) is 6.85.